The Balaban J connectivity index is 2.11. The number of rotatable bonds is 3. The maximum Gasteiger partial charge on any atom is 0.0475 e. The molecular weight excluding hydrogens is 237 g/mol. The van der Waals surface area contributed by atoms with Gasteiger partial charge in [-0.05, 0) is 22.7 Å². The average Bonchev–Trinajstić information content (AvgIpc) is 2.95. The topological polar surface area (TPSA) is 15.8 Å². The predicted octanol–water partition coefficient (Wildman–Crippen LogP) is 2.77. The molecule has 0 bridgehead atoms. The molecule has 0 aliphatic carbocycles. The molecule has 1 N–H and O–H groups in total. The van der Waals surface area contributed by atoms with E-state index in [4.69, 9.17) is 0 Å². The van der Waals surface area contributed by atoms with E-state index in [1.807, 2.05) is 6.20 Å². The molecule has 0 radical (unpaired) electrons. The molecule has 0 spiro atoms. The van der Waals surface area contributed by atoms with Crippen molar-refractivity contribution < 1.29 is 0 Å². The fourth-order valence-electron chi connectivity index (χ4n) is 2.04. The largest absolute Gasteiger partial charge is 0.361 e. The van der Waals surface area contributed by atoms with Gasteiger partial charge in [0.2, 0.25) is 0 Å². The van der Waals surface area contributed by atoms with Crippen LogP contribution in [0, 0.1) is 0 Å². The molecule has 0 saturated carbocycles. The Bertz CT molecular complexity index is 548. The molecular formula is C16H14NP. The highest BCUT2D eigenvalue weighted by Gasteiger charge is 2.16. The van der Waals surface area contributed by atoms with E-state index in [1.165, 1.54) is 16.0 Å². The van der Waals surface area contributed by atoms with Gasteiger partial charge in [0.25, 0.3) is 0 Å². The summed E-state index contributed by atoms with van der Waals surface area (Å²) < 4.78 is 0. The highest BCUT2D eigenvalue weighted by molar-refractivity contribution is 7.79. The van der Waals surface area contributed by atoms with Gasteiger partial charge in [-0.25, -0.2) is 0 Å². The van der Waals surface area contributed by atoms with E-state index in [0.29, 0.717) is 0 Å². The second-order valence-corrected chi connectivity index (χ2v) is 6.25. The summed E-state index contributed by atoms with van der Waals surface area (Å²) in [5, 5.41) is 2.75. The molecule has 1 nitrogen and oxygen atoms in total. The van der Waals surface area contributed by atoms with E-state index < -0.39 is 7.92 Å². The molecule has 2 heteroatoms. The molecule has 0 unspecified atom stereocenters. The van der Waals surface area contributed by atoms with Crippen molar-refractivity contribution in [3.63, 3.8) is 0 Å². The van der Waals surface area contributed by atoms with Crippen LogP contribution in [0.5, 0.6) is 0 Å². The summed E-state index contributed by atoms with van der Waals surface area (Å²) in [7, 11) is -0.465. The van der Waals surface area contributed by atoms with Crippen LogP contribution in [-0.2, 0) is 0 Å². The molecule has 0 aliphatic heterocycles. The SMILES string of the molecule is c1ccc(P(c2ccccc2)c2ccc[nH]2)cc1. The van der Waals surface area contributed by atoms with E-state index in [-0.39, 0.29) is 0 Å². The Morgan fingerprint density at radius 2 is 1.17 bits per heavy atom. The average molecular weight is 251 g/mol. The van der Waals surface area contributed by atoms with Crippen molar-refractivity contribution in [2.24, 2.45) is 0 Å². The van der Waals surface area contributed by atoms with Crippen molar-refractivity contribution in [3.8, 4) is 0 Å². The van der Waals surface area contributed by atoms with Gasteiger partial charge >= 0.3 is 0 Å². The van der Waals surface area contributed by atoms with E-state index in [1.54, 1.807) is 0 Å². The van der Waals surface area contributed by atoms with Gasteiger partial charge in [0.1, 0.15) is 0 Å². The zero-order valence-corrected chi connectivity index (χ0v) is 10.8. The van der Waals surface area contributed by atoms with E-state index in [0.717, 1.165) is 0 Å². The monoisotopic (exact) mass is 251 g/mol. The Morgan fingerprint density at radius 1 is 0.611 bits per heavy atom. The number of nitrogens with one attached hydrogen (secondary N) is 1. The second kappa shape index (κ2) is 5.20. The van der Waals surface area contributed by atoms with Gasteiger partial charge in [-0.2, -0.15) is 0 Å². The standard InChI is InChI=1S/C16H14NP/c1-3-8-14(9-4-1)18(16-12-7-13-17-16)15-10-5-2-6-11-15/h1-13,17H. The molecule has 0 fully saturated rings. The summed E-state index contributed by atoms with van der Waals surface area (Å²) >= 11 is 0. The number of aromatic nitrogens is 1. The van der Waals surface area contributed by atoms with E-state index in [2.05, 4.69) is 77.8 Å². The first kappa shape index (κ1) is 11.3. The van der Waals surface area contributed by atoms with Gasteiger partial charge in [-0.1, -0.05) is 60.7 Å². The normalized spacial score (nSPS) is 10.7. The van der Waals surface area contributed by atoms with Crippen LogP contribution in [-0.4, -0.2) is 4.98 Å². The van der Waals surface area contributed by atoms with Crippen molar-refractivity contribution in [1.82, 2.24) is 4.98 Å². The second-order valence-electron chi connectivity index (χ2n) is 4.06. The number of aromatic amines is 1. The quantitative estimate of drug-likeness (QED) is 0.689. The maximum atomic E-state index is 3.36. The zero-order chi connectivity index (χ0) is 12.2. The molecule has 3 rings (SSSR count). The van der Waals surface area contributed by atoms with Gasteiger partial charge in [0, 0.05) is 19.6 Å². The lowest BCUT2D eigenvalue weighted by Crippen LogP contribution is -2.20. The summed E-state index contributed by atoms with van der Waals surface area (Å²) in [4.78, 5) is 3.36. The van der Waals surface area contributed by atoms with Crippen molar-refractivity contribution >= 4 is 24.0 Å². The van der Waals surface area contributed by atoms with E-state index >= 15 is 0 Å². The van der Waals surface area contributed by atoms with Crippen molar-refractivity contribution in [1.29, 1.82) is 0 Å². The first-order chi connectivity index (χ1) is 8.95. The fraction of sp³-hybridized carbons (Fsp3) is 0. The lowest BCUT2D eigenvalue weighted by molar-refractivity contribution is 1.47. The number of hydrogen-bond donors (Lipinski definition) is 1. The molecule has 0 amide bonds. The summed E-state index contributed by atoms with van der Waals surface area (Å²) in [6.07, 6.45) is 2.00. The van der Waals surface area contributed by atoms with Crippen molar-refractivity contribution in [3.05, 3.63) is 79.0 Å². The zero-order valence-electron chi connectivity index (χ0n) is 9.95. The molecule has 2 aromatic carbocycles. The molecule has 0 aliphatic rings. The van der Waals surface area contributed by atoms with E-state index in [9.17, 15) is 0 Å². The Morgan fingerprint density at radius 3 is 1.61 bits per heavy atom. The summed E-state index contributed by atoms with van der Waals surface area (Å²) in [6, 6.07) is 25.6. The minimum atomic E-state index is -0.465. The van der Waals surface area contributed by atoms with Crippen LogP contribution in [0.1, 0.15) is 0 Å². The summed E-state index contributed by atoms with van der Waals surface area (Å²) in [5.41, 5.74) is 1.29. The Kier molecular flexibility index (Phi) is 3.25. The fourth-order valence-corrected chi connectivity index (χ4v) is 4.28. The molecule has 1 heterocycles. The maximum absolute atomic E-state index is 3.36. The Labute approximate surface area is 108 Å². The molecule has 18 heavy (non-hydrogen) atoms. The van der Waals surface area contributed by atoms with Crippen LogP contribution in [0.3, 0.4) is 0 Å². The summed E-state index contributed by atoms with van der Waals surface area (Å²) in [5.74, 6) is 0. The lowest BCUT2D eigenvalue weighted by Gasteiger charge is -2.17. The number of H-pyrrole nitrogens is 1. The van der Waals surface area contributed by atoms with Gasteiger partial charge in [-0.3, -0.25) is 0 Å². The van der Waals surface area contributed by atoms with Crippen molar-refractivity contribution in [2.45, 2.75) is 0 Å². The van der Waals surface area contributed by atoms with Crippen molar-refractivity contribution in [2.75, 3.05) is 0 Å². The number of hydrogen-bond acceptors (Lipinski definition) is 0. The summed E-state index contributed by atoms with van der Waals surface area (Å²) in [6.45, 7) is 0. The van der Waals surface area contributed by atoms with Gasteiger partial charge in [0.15, 0.2) is 0 Å². The van der Waals surface area contributed by atoms with Crippen LogP contribution in [0.4, 0.5) is 0 Å². The minimum Gasteiger partial charge on any atom is -0.361 e. The van der Waals surface area contributed by atoms with Crippen LogP contribution in [0.2, 0.25) is 0 Å². The third-order valence-corrected chi connectivity index (χ3v) is 5.24. The molecule has 0 atom stereocenters. The van der Waals surface area contributed by atoms with Crippen LogP contribution < -0.4 is 16.0 Å². The highest BCUT2D eigenvalue weighted by Crippen LogP contribution is 2.31. The van der Waals surface area contributed by atoms with Gasteiger partial charge < -0.3 is 4.98 Å². The number of benzene rings is 2. The predicted molar refractivity (Wildman–Crippen MR) is 79.5 cm³/mol. The molecule has 0 saturated heterocycles. The smallest absolute Gasteiger partial charge is 0.0475 e. The third-order valence-electron chi connectivity index (χ3n) is 2.85. The minimum absolute atomic E-state index is 0.465. The van der Waals surface area contributed by atoms with Gasteiger partial charge in [0.05, 0.1) is 0 Å². The van der Waals surface area contributed by atoms with Crippen LogP contribution >= 0.6 is 7.92 Å². The molecule has 88 valence electrons. The first-order valence-corrected chi connectivity index (χ1v) is 7.33. The van der Waals surface area contributed by atoms with Gasteiger partial charge in [-0.15, -0.1) is 0 Å². The molecule has 3 aromatic rings. The Hall–Kier alpha value is -1.85. The highest BCUT2D eigenvalue weighted by atomic mass is 31.1. The first-order valence-electron chi connectivity index (χ1n) is 5.99. The van der Waals surface area contributed by atoms with Crippen LogP contribution in [0.25, 0.3) is 0 Å². The van der Waals surface area contributed by atoms with Crippen LogP contribution in [0.15, 0.2) is 79.0 Å². The third kappa shape index (κ3) is 2.23. The molecule has 1 aromatic heterocycles. The lowest BCUT2D eigenvalue weighted by atomic mass is 10.4.